The summed E-state index contributed by atoms with van der Waals surface area (Å²) in [6.07, 6.45) is 5.13. The Kier molecular flexibility index (Phi) is 5.14. The number of hydrogen-bond acceptors (Lipinski definition) is 5. The molecule has 2 aromatic carbocycles. The second-order valence-electron chi connectivity index (χ2n) is 10.5. The van der Waals surface area contributed by atoms with Gasteiger partial charge in [0, 0.05) is 18.7 Å². The van der Waals surface area contributed by atoms with Crippen molar-refractivity contribution in [1.82, 2.24) is 0 Å². The molecule has 0 N–H and O–H groups in total. The number of hydrogen-bond donors (Lipinski definition) is 0. The van der Waals surface area contributed by atoms with Gasteiger partial charge in [-0.2, -0.15) is 0 Å². The highest BCUT2D eigenvalue weighted by atomic mass is 16.5. The van der Waals surface area contributed by atoms with Crippen molar-refractivity contribution in [2.75, 3.05) is 16.3 Å². The molecular weight excluding hydrogens is 456 g/mol. The van der Waals surface area contributed by atoms with Crippen molar-refractivity contribution in [2.45, 2.75) is 33.6 Å². The minimum Gasteiger partial charge on any atom is -0.426 e. The molecule has 36 heavy (non-hydrogen) atoms. The third-order valence-corrected chi connectivity index (χ3v) is 8.42. The van der Waals surface area contributed by atoms with Gasteiger partial charge in [-0.05, 0) is 80.0 Å². The van der Waals surface area contributed by atoms with Crippen molar-refractivity contribution in [3.63, 3.8) is 0 Å². The molecule has 2 aromatic rings. The second-order valence-corrected chi connectivity index (χ2v) is 10.5. The van der Waals surface area contributed by atoms with E-state index in [-0.39, 0.29) is 54.4 Å². The molecule has 2 saturated heterocycles. The van der Waals surface area contributed by atoms with Crippen LogP contribution in [-0.4, -0.2) is 30.2 Å². The van der Waals surface area contributed by atoms with Crippen LogP contribution in [0.15, 0.2) is 48.6 Å². The summed E-state index contributed by atoms with van der Waals surface area (Å²) in [7, 11) is 0. The number of carbonyl (C=O) groups excluding carboxylic acids is 4. The van der Waals surface area contributed by atoms with E-state index in [1.807, 2.05) is 32.0 Å². The predicted octanol–water partition coefficient (Wildman–Crippen LogP) is 3.88. The molecule has 7 nitrogen and oxygen atoms in total. The van der Waals surface area contributed by atoms with Gasteiger partial charge in [-0.3, -0.25) is 19.2 Å². The number of carbonyl (C=O) groups is 4. The summed E-state index contributed by atoms with van der Waals surface area (Å²) in [5.74, 6) is -1.28. The van der Waals surface area contributed by atoms with Gasteiger partial charge in [-0.25, -0.2) is 4.90 Å². The number of anilines is 2. The number of esters is 1. The maximum atomic E-state index is 13.1. The molecule has 4 aliphatic rings. The molecule has 7 heteroatoms. The first kappa shape index (κ1) is 22.7. The average molecular weight is 485 g/mol. The Hall–Kier alpha value is -3.74. The summed E-state index contributed by atoms with van der Waals surface area (Å²) in [6.45, 7) is 6.04. The lowest BCUT2D eigenvalue weighted by Gasteiger charge is -2.21. The van der Waals surface area contributed by atoms with Crippen LogP contribution >= 0.6 is 0 Å². The van der Waals surface area contributed by atoms with E-state index in [0.29, 0.717) is 17.0 Å². The van der Waals surface area contributed by atoms with E-state index in [4.69, 9.17) is 4.74 Å². The molecule has 0 aromatic heterocycles. The second kappa shape index (κ2) is 8.15. The van der Waals surface area contributed by atoms with Crippen molar-refractivity contribution in [3.8, 4) is 5.75 Å². The summed E-state index contributed by atoms with van der Waals surface area (Å²) in [5.41, 5.74) is 4.15. The van der Waals surface area contributed by atoms with Crippen molar-refractivity contribution in [2.24, 2.45) is 29.6 Å². The van der Waals surface area contributed by atoms with Gasteiger partial charge >= 0.3 is 5.97 Å². The molecule has 1 saturated carbocycles. The zero-order valence-electron chi connectivity index (χ0n) is 20.6. The molecule has 5 atom stereocenters. The lowest BCUT2D eigenvalue weighted by atomic mass is 9.85. The molecule has 3 amide bonds. The van der Waals surface area contributed by atoms with Crippen LogP contribution < -0.4 is 14.5 Å². The van der Waals surface area contributed by atoms with E-state index in [2.05, 4.69) is 12.2 Å². The van der Waals surface area contributed by atoms with Crippen LogP contribution in [0.25, 0.3) is 0 Å². The van der Waals surface area contributed by atoms with Gasteiger partial charge in [0.15, 0.2) is 0 Å². The maximum Gasteiger partial charge on any atom is 0.316 e. The molecule has 0 unspecified atom stereocenters. The fourth-order valence-electron chi connectivity index (χ4n) is 6.41. The smallest absolute Gasteiger partial charge is 0.316 e. The van der Waals surface area contributed by atoms with Gasteiger partial charge in [0.05, 0.1) is 23.4 Å². The van der Waals surface area contributed by atoms with Crippen molar-refractivity contribution < 1.29 is 23.9 Å². The molecule has 0 radical (unpaired) electrons. The average Bonchev–Trinajstić information content (AvgIpc) is 3.60. The zero-order valence-corrected chi connectivity index (χ0v) is 20.6. The molecule has 2 aliphatic heterocycles. The number of aryl methyl sites for hydroxylation is 2. The highest BCUT2D eigenvalue weighted by molar-refractivity contribution is 6.23. The third kappa shape index (κ3) is 3.33. The number of nitrogens with zero attached hydrogens (tertiary/aromatic N) is 2. The van der Waals surface area contributed by atoms with E-state index in [0.717, 1.165) is 23.2 Å². The predicted molar refractivity (Wildman–Crippen MR) is 133 cm³/mol. The van der Waals surface area contributed by atoms with Crippen LogP contribution in [0.3, 0.4) is 0 Å². The first-order valence-electron chi connectivity index (χ1n) is 12.5. The zero-order chi connectivity index (χ0) is 25.3. The van der Waals surface area contributed by atoms with Crippen LogP contribution in [0.5, 0.6) is 5.75 Å². The Morgan fingerprint density at radius 1 is 0.889 bits per heavy atom. The van der Waals surface area contributed by atoms with Gasteiger partial charge in [-0.1, -0.05) is 24.3 Å². The highest BCUT2D eigenvalue weighted by Crippen LogP contribution is 2.53. The van der Waals surface area contributed by atoms with Crippen LogP contribution in [0.1, 0.15) is 29.5 Å². The van der Waals surface area contributed by atoms with Gasteiger partial charge in [0.1, 0.15) is 5.75 Å². The lowest BCUT2D eigenvalue weighted by molar-refractivity contribution is -0.139. The Balaban J connectivity index is 1.16. The summed E-state index contributed by atoms with van der Waals surface area (Å²) in [5, 5.41) is 0. The highest BCUT2D eigenvalue weighted by Gasteiger charge is 2.59. The molecule has 0 spiro atoms. The standard InChI is InChI=1S/C29H28N2O5/c1-15-5-4-6-23(17(15)3)30-14-20(13-24(30)32)29(35)36-21-9-10-22(16(2)11-21)31-27(33)25-18-7-8-19(12-18)26(25)28(31)34/h4-11,18-20,25-26H,12-14H2,1-3H3/t18-,19-,20+,25-,26-/m0/s1. The van der Waals surface area contributed by atoms with E-state index >= 15 is 0 Å². The number of fused-ring (bicyclic) bond motifs is 5. The summed E-state index contributed by atoms with van der Waals surface area (Å²) in [4.78, 5) is 54.9. The van der Waals surface area contributed by atoms with Gasteiger partial charge in [0.25, 0.3) is 0 Å². The molecule has 2 heterocycles. The van der Waals surface area contributed by atoms with Crippen LogP contribution in [0.2, 0.25) is 0 Å². The number of allylic oxidation sites excluding steroid dienone is 2. The van der Waals surface area contributed by atoms with Gasteiger partial charge in [0.2, 0.25) is 17.7 Å². The topological polar surface area (TPSA) is 84.0 Å². The first-order chi connectivity index (χ1) is 17.2. The lowest BCUT2D eigenvalue weighted by Crippen LogP contribution is -2.33. The quantitative estimate of drug-likeness (QED) is 0.285. The van der Waals surface area contributed by atoms with Gasteiger partial charge in [-0.15, -0.1) is 0 Å². The van der Waals surface area contributed by atoms with Crippen LogP contribution in [-0.2, 0) is 19.2 Å². The molecule has 6 rings (SSSR count). The van der Waals surface area contributed by atoms with E-state index in [1.54, 1.807) is 30.0 Å². The van der Waals surface area contributed by atoms with E-state index < -0.39 is 11.9 Å². The van der Waals surface area contributed by atoms with Crippen molar-refractivity contribution in [3.05, 3.63) is 65.2 Å². The maximum absolute atomic E-state index is 13.1. The van der Waals surface area contributed by atoms with E-state index in [9.17, 15) is 19.2 Å². The first-order valence-corrected chi connectivity index (χ1v) is 12.5. The monoisotopic (exact) mass is 484 g/mol. The van der Waals surface area contributed by atoms with Gasteiger partial charge < -0.3 is 9.64 Å². The Bertz CT molecular complexity index is 1330. The molecule has 3 fully saturated rings. The summed E-state index contributed by atoms with van der Waals surface area (Å²) in [6, 6.07) is 10.8. The Morgan fingerprint density at radius 3 is 2.25 bits per heavy atom. The summed E-state index contributed by atoms with van der Waals surface area (Å²) >= 11 is 0. The molecular formula is C29H28N2O5. The number of imide groups is 1. The number of benzene rings is 2. The Labute approximate surface area is 209 Å². The van der Waals surface area contributed by atoms with Crippen LogP contribution in [0.4, 0.5) is 11.4 Å². The number of ether oxygens (including phenoxy) is 1. The fourth-order valence-corrected chi connectivity index (χ4v) is 6.41. The number of amides is 3. The Morgan fingerprint density at radius 2 is 1.58 bits per heavy atom. The minimum absolute atomic E-state index is 0.0964. The van der Waals surface area contributed by atoms with Crippen molar-refractivity contribution >= 4 is 35.1 Å². The summed E-state index contributed by atoms with van der Waals surface area (Å²) < 4.78 is 5.64. The number of rotatable bonds is 4. The minimum atomic E-state index is -0.568. The largest absolute Gasteiger partial charge is 0.426 e. The van der Waals surface area contributed by atoms with Crippen molar-refractivity contribution in [1.29, 1.82) is 0 Å². The normalized spacial score (nSPS) is 28.4. The molecule has 2 bridgehead atoms. The molecule has 2 aliphatic carbocycles. The molecule has 184 valence electrons. The SMILES string of the molecule is Cc1cc(OC(=O)[C@@H]2CC(=O)N(c3cccc(C)c3C)C2)ccc1N1C(=O)[C@@H]2[C@@H](C1=O)[C@H]1C=C[C@H]2C1. The van der Waals surface area contributed by atoms with E-state index in [1.165, 1.54) is 4.90 Å². The fraction of sp³-hybridized carbons (Fsp3) is 0.379. The third-order valence-electron chi connectivity index (χ3n) is 8.42. The van der Waals surface area contributed by atoms with Crippen LogP contribution in [0, 0.1) is 50.4 Å².